The van der Waals surface area contributed by atoms with Crippen LogP contribution in [0.1, 0.15) is 25.7 Å². The molecule has 3 aliphatic carbocycles. The summed E-state index contributed by atoms with van der Waals surface area (Å²) < 4.78 is 12.5. The van der Waals surface area contributed by atoms with Crippen LogP contribution in [0.5, 0.6) is 0 Å². The summed E-state index contributed by atoms with van der Waals surface area (Å²) in [4.78, 5) is 0. The predicted octanol–water partition coefficient (Wildman–Crippen LogP) is 1.59. The molecule has 5 aliphatic rings. The second-order valence-corrected chi connectivity index (χ2v) is 5.92. The SMILES string of the molecule is C1CC2C3OC4CCC5C(OC1C53)C42. The third-order valence-electron chi connectivity index (χ3n) is 5.68. The summed E-state index contributed by atoms with van der Waals surface area (Å²) >= 11 is 0. The van der Waals surface area contributed by atoms with E-state index in [1.165, 1.54) is 25.7 Å². The van der Waals surface area contributed by atoms with Gasteiger partial charge in [-0.3, -0.25) is 0 Å². The van der Waals surface area contributed by atoms with Crippen molar-refractivity contribution >= 4 is 0 Å². The molecule has 2 heterocycles. The van der Waals surface area contributed by atoms with Crippen molar-refractivity contribution < 1.29 is 9.47 Å². The first-order valence-corrected chi connectivity index (χ1v) is 6.24. The minimum absolute atomic E-state index is 0.579. The summed E-state index contributed by atoms with van der Waals surface area (Å²) in [6, 6.07) is 0. The highest BCUT2D eigenvalue weighted by atomic mass is 16.5. The van der Waals surface area contributed by atoms with Crippen molar-refractivity contribution in [2.75, 3.05) is 0 Å². The molecule has 8 unspecified atom stereocenters. The lowest BCUT2D eigenvalue weighted by Crippen LogP contribution is -2.49. The Morgan fingerprint density at radius 3 is 1.64 bits per heavy atom. The zero-order chi connectivity index (χ0) is 8.86. The Kier molecular flexibility index (Phi) is 1.06. The fraction of sp³-hybridized carbons (Fsp3) is 1.00. The van der Waals surface area contributed by atoms with Gasteiger partial charge in [0, 0.05) is 11.8 Å². The molecule has 2 nitrogen and oxygen atoms in total. The molecular weight excluding hydrogens is 176 g/mol. The molecule has 3 saturated carbocycles. The van der Waals surface area contributed by atoms with Gasteiger partial charge in [-0.1, -0.05) is 0 Å². The van der Waals surface area contributed by atoms with E-state index in [0.29, 0.717) is 24.4 Å². The average Bonchev–Trinajstić information content (AvgIpc) is 2.44. The van der Waals surface area contributed by atoms with Crippen molar-refractivity contribution in [3.05, 3.63) is 0 Å². The fourth-order valence-electron chi connectivity index (χ4n) is 5.39. The first-order chi connectivity index (χ1) is 6.93. The number of ether oxygens (including phenoxy) is 2. The second kappa shape index (κ2) is 2.05. The van der Waals surface area contributed by atoms with Crippen LogP contribution in [-0.2, 0) is 9.47 Å². The Hall–Kier alpha value is -0.0800. The van der Waals surface area contributed by atoms with E-state index in [4.69, 9.17) is 9.47 Å². The molecule has 0 aromatic carbocycles. The van der Waals surface area contributed by atoms with Gasteiger partial charge in [-0.15, -0.1) is 0 Å². The first kappa shape index (κ1) is 7.24. The molecule has 8 atom stereocenters. The quantitative estimate of drug-likeness (QED) is 0.580. The molecule has 0 aromatic heterocycles. The maximum Gasteiger partial charge on any atom is 0.0668 e. The molecule has 2 heteroatoms. The van der Waals surface area contributed by atoms with E-state index in [-0.39, 0.29) is 0 Å². The van der Waals surface area contributed by atoms with E-state index in [9.17, 15) is 0 Å². The monoisotopic (exact) mass is 192 g/mol. The molecule has 0 amide bonds. The zero-order valence-corrected chi connectivity index (χ0v) is 8.26. The van der Waals surface area contributed by atoms with Crippen molar-refractivity contribution in [2.24, 2.45) is 23.7 Å². The Morgan fingerprint density at radius 2 is 1.14 bits per heavy atom. The van der Waals surface area contributed by atoms with Crippen molar-refractivity contribution in [2.45, 2.75) is 50.1 Å². The van der Waals surface area contributed by atoms with E-state index in [1.807, 2.05) is 0 Å². The van der Waals surface area contributed by atoms with E-state index in [1.54, 1.807) is 0 Å². The Bertz CT molecular complexity index is 273. The van der Waals surface area contributed by atoms with E-state index in [2.05, 4.69) is 0 Å². The maximum absolute atomic E-state index is 6.26. The van der Waals surface area contributed by atoms with Crippen molar-refractivity contribution in [3.8, 4) is 0 Å². The van der Waals surface area contributed by atoms with Gasteiger partial charge in [-0.05, 0) is 37.5 Å². The van der Waals surface area contributed by atoms with Crippen molar-refractivity contribution in [1.82, 2.24) is 0 Å². The summed E-state index contributed by atoms with van der Waals surface area (Å²) in [5.41, 5.74) is 0. The van der Waals surface area contributed by atoms with Crippen LogP contribution in [0.15, 0.2) is 0 Å². The van der Waals surface area contributed by atoms with E-state index < -0.39 is 0 Å². The van der Waals surface area contributed by atoms with Gasteiger partial charge in [0.1, 0.15) is 0 Å². The first-order valence-electron chi connectivity index (χ1n) is 6.24. The summed E-state index contributed by atoms with van der Waals surface area (Å²) in [6.45, 7) is 0. The maximum atomic E-state index is 6.26. The average molecular weight is 192 g/mol. The molecule has 76 valence electrons. The molecule has 14 heavy (non-hydrogen) atoms. The Morgan fingerprint density at radius 1 is 0.643 bits per heavy atom. The molecule has 0 spiro atoms. The third kappa shape index (κ3) is 0.570. The van der Waals surface area contributed by atoms with Crippen LogP contribution < -0.4 is 0 Å². The van der Waals surface area contributed by atoms with Gasteiger partial charge in [0.15, 0.2) is 0 Å². The van der Waals surface area contributed by atoms with Gasteiger partial charge in [0.2, 0.25) is 0 Å². The van der Waals surface area contributed by atoms with Gasteiger partial charge >= 0.3 is 0 Å². The molecular formula is C12H16O2. The lowest BCUT2D eigenvalue weighted by Gasteiger charge is -2.43. The number of rotatable bonds is 0. The summed E-state index contributed by atoms with van der Waals surface area (Å²) in [5, 5.41) is 0. The van der Waals surface area contributed by atoms with Crippen LogP contribution in [0.3, 0.4) is 0 Å². The highest BCUT2D eigenvalue weighted by molar-refractivity contribution is 5.16. The van der Waals surface area contributed by atoms with Crippen molar-refractivity contribution in [3.63, 3.8) is 0 Å². The molecule has 5 fully saturated rings. The molecule has 2 saturated heterocycles. The summed E-state index contributed by atoms with van der Waals surface area (Å²) in [6.07, 6.45) is 7.79. The highest BCUT2D eigenvalue weighted by Crippen LogP contribution is 2.64. The third-order valence-corrected chi connectivity index (χ3v) is 5.68. The number of hydrogen-bond donors (Lipinski definition) is 0. The molecule has 2 aliphatic heterocycles. The molecule has 0 N–H and O–H groups in total. The van der Waals surface area contributed by atoms with Crippen LogP contribution >= 0.6 is 0 Å². The highest BCUT2D eigenvalue weighted by Gasteiger charge is 2.69. The zero-order valence-electron chi connectivity index (χ0n) is 8.26. The molecule has 0 radical (unpaired) electrons. The van der Waals surface area contributed by atoms with Gasteiger partial charge in [-0.2, -0.15) is 0 Å². The molecule has 6 bridgehead atoms. The minimum atomic E-state index is 0.579. The molecule has 0 aromatic rings. The summed E-state index contributed by atoms with van der Waals surface area (Å²) in [5.74, 6) is 3.35. The van der Waals surface area contributed by atoms with Crippen LogP contribution in [0.25, 0.3) is 0 Å². The van der Waals surface area contributed by atoms with Crippen LogP contribution in [-0.4, -0.2) is 24.4 Å². The molecule has 5 rings (SSSR count). The Balaban J connectivity index is 1.76. The summed E-state index contributed by atoms with van der Waals surface area (Å²) in [7, 11) is 0. The largest absolute Gasteiger partial charge is 0.374 e. The normalized spacial score (nSPS) is 72.0. The van der Waals surface area contributed by atoms with Crippen LogP contribution in [0.4, 0.5) is 0 Å². The smallest absolute Gasteiger partial charge is 0.0668 e. The lowest BCUT2D eigenvalue weighted by atomic mass is 9.57. The number of hydrogen-bond acceptors (Lipinski definition) is 2. The minimum Gasteiger partial charge on any atom is -0.374 e. The van der Waals surface area contributed by atoms with Gasteiger partial charge in [0.05, 0.1) is 24.4 Å². The fourth-order valence-corrected chi connectivity index (χ4v) is 5.39. The van der Waals surface area contributed by atoms with Gasteiger partial charge in [-0.25, -0.2) is 0 Å². The standard InChI is InChI=1S/C12H16O2/c1-3-7-10-6-2-4-8-9(12(6)13-7)5(1)11(10)14-8/h5-12H,1-4H2. The lowest BCUT2D eigenvalue weighted by molar-refractivity contribution is -0.0721. The Labute approximate surface area is 84.0 Å². The van der Waals surface area contributed by atoms with Crippen LogP contribution in [0.2, 0.25) is 0 Å². The van der Waals surface area contributed by atoms with Gasteiger partial charge in [0.25, 0.3) is 0 Å². The topological polar surface area (TPSA) is 18.5 Å². The van der Waals surface area contributed by atoms with Crippen molar-refractivity contribution in [1.29, 1.82) is 0 Å². The van der Waals surface area contributed by atoms with E-state index in [0.717, 1.165) is 23.7 Å². The predicted molar refractivity (Wildman–Crippen MR) is 49.8 cm³/mol. The van der Waals surface area contributed by atoms with E-state index >= 15 is 0 Å². The van der Waals surface area contributed by atoms with Crippen LogP contribution in [0, 0.1) is 23.7 Å². The second-order valence-electron chi connectivity index (χ2n) is 5.92. The van der Waals surface area contributed by atoms with Gasteiger partial charge < -0.3 is 9.47 Å².